The number of benzene rings is 1. The SMILES string of the molecule is CCCC(C)NC(=O)c1cnc(Cl)c2ccccc12. The van der Waals surface area contributed by atoms with E-state index in [9.17, 15) is 4.79 Å². The standard InChI is InChI=1S/C15H17ClN2O/c1-3-6-10(2)18-15(19)13-9-17-14(16)12-8-5-4-7-11(12)13/h4-5,7-10H,3,6H2,1-2H3,(H,18,19). The van der Waals surface area contributed by atoms with E-state index in [1.807, 2.05) is 31.2 Å². The van der Waals surface area contributed by atoms with Gasteiger partial charge in [0.05, 0.1) is 5.56 Å². The second kappa shape index (κ2) is 6.02. The number of aromatic nitrogens is 1. The molecule has 2 aromatic rings. The average Bonchev–Trinajstić information content (AvgIpc) is 2.39. The lowest BCUT2D eigenvalue weighted by Crippen LogP contribution is -2.32. The first-order valence-electron chi connectivity index (χ1n) is 6.47. The largest absolute Gasteiger partial charge is 0.350 e. The molecule has 0 aliphatic rings. The number of hydrogen-bond donors (Lipinski definition) is 1. The van der Waals surface area contributed by atoms with Gasteiger partial charge < -0.3 is 5.32 Å². The third-order valence-corrected chi connectivity index (χ3v) is 3.39. The number of rotatable bonds is 4. The summed E-state index contributed by atoms with van der Waals surface area (Å²) in [5, 5.41) is 5.05. The van der Waals surface area contributed by atoms with Crippen LogP contribution in [0.25, 0.3) is 10.8 Å². The van der Waals surface area contributed by atoms with E-state index in [1.54, 1.807) is 6.20 Å². The molecule has 19 heavy (non-hydrogen) atoms. The van der Waals surface area contributed by atoms with E-state index < -0.39 is 0 Å². The molecule has 1 aromatic heterocycles. The van der Waals surface area contributed by atoms with Gasteiger partial charge >= 0.3 is 0 Å². The number of halogens is 1. The monoisotopic (exact) mass is 276 g/mol. The zero-order chi connectivity index (χ0) is 13.8. The molecule has 1 N–H and O–H groups in total. The van der Waals surface area contributed by atoms with Gasteiger partial charge in [0.1, 0.15) is 5.15 Å². The van der Waals surface area contributed by atoms with Crippen LogP contribution in [0.2, 0.25) is 5.15 Å². The van der Waals surface area contributed by atoms with Crippen molar-refractivity contribution in [2.24, 2.45) is 0 Å². The molecule has 3 nitrogen and oxygen atoms in total. The zero-order valence-electron chi connectivity index (χ0n) is 11.1. The summed E-state index contributed by atoms with van der Waals surface area (Å²) in [4.78, 5) is 16.3. The van der Waals surface area contributed by atoms with E-state index >= 15 is 0 Å². The maximum atomic E-state index is 12.3. The molecule has 1 aromatic carbocycles. The highest BCUT2D eigenvalue weighted by Crippen LogP contribution is 2.24. The molecule has 4 heteroatoms. The third-order valence-electron chi connectivity index (χ3n) is 3.09. The number of fused-ring (bicyclic) bond motifs is 1. The molecule has 1 heterocycles. The highest BCUT2D eigenvalue weighted by molar-refractivity contribution is 6.34. The fraction of sp³-hybridized carbons (Fsp3) is 0.333. The number of hydrogen-bond acceptors (Lipinski definition) is 2. The van der Waals surface area contributed by atoms with E-state index in [4.69, 9.17) is 11.6 Å². The Hall–Kier alpha value is -1.61. The zero-order valence-corrected chi connectivity index (χ0v) is 11.9. The Morgan fingerprint density at radius 2 is 2.05 bits per heavy atom. The van der Waals surface area contributed by atoms with Gasteiger partial charge in [-0.25, -0.2) is 4.98 Å². The van der Waals surface area contributed by atoms with Crippen molar-refractivity contribution >= 4 is 28.3 Å². The minimum Gasteiger partial charge on any atom is -0.350 e. The van der Waals surface area contributed by atoms with Crippen molar-refractivity contribution in [1.82, 2.24) is 10.3 Å². The van der Waals surface area contributed by atoms with Crippen molar-refractivity contribution in [3.05, 3.63) is 41.2 Å². The van der Waals surface area contributed by atoms with Crippen LogP contribution in [0.4, 0.5) is 0 Å². The lowest BCUT2D eigenvalue weighted by atomic mass is 10.1. The number of carbonyl (C=O) groups excluding carboxylic acids is 1. The van der Waals surface area contributed by atoms with Crippen molar-refractivity contribution in [3.63, 3.8) is 0 Å². The fourth-order valence-corrected chi connectivity index (χ4v) is 2.36. The summed E-state index contributed by atoms with van der Waals surface area (Å²) in [6, 6.07) is 7.70. The summed E-state index contributed by atoms with van der Waals surface area (Å²) in [5.41, 5.74) is 0.572. The van der Waals surface area contributed by atoms with E-state index in [0.29, 0.717) is 10.7 Å². The van der Waals surface area contributed by atoms with Gasteiger partial charge in [0.15, 0.2) is 0 Å². The molecule has 2 rings (SSSR count). The van der Waals surface area contributed by atoms with Gasteiger partial charge in [-0.15, -0.1) is 0 Å². The first kappa shape index (κ1) is 13.8. The minimum atomic E-state index is -0.0960. The predicted octanol–water partition coefficient (Wildman–Crippen LogP) is 3.81. The van der Waals surface area contributed by atoms with Gasteiger partial charge in [-0.3, -0.25) is 4.79 Å². The lowest BCUT2D eigenvalue weighted by molar-refractivity contribution is 0.0939. The van der Waals surface area contributed by atoms with Crippen LogP contribution >= 0.6 is 11.6 Å². The van der Waals surface area contributed by atoms with Crippen LogP contribution in [-0.2, 0) is 0 Å². The fourth-order valence-electron chi connectivity index (χ4n) is 2.15. The van der Waals surface area contributed by atoms with Crippen LogP contribution in [0.5, 0.6) is 0 Å². The lowest BCUT2D eigenvalue weighted by Gasteiger charge is -2.14. The molecule has 0 saturated carbocycles. The van der Waals surface area contributed by atoms with Gasteiger partial charge in [0.25, 0.3) is 5.91 Å². The Morgan fingerprint density at radius 1 is 1.37 bits per heavy atom. The summed E-state index contributed by atoms with van der Waals surface area (Å²) in [6.45, 7) is 4.11. The molecule has 0 radical (unpaired) electrons. The molecule has 0 bridgehead atoms. The van der Waals surface area contributed by atoms with Gasteiger partial charge in [0.2, 0.25) is 0 Å². The van der Waals surface area contributed by atoms with Crippen molar-refractivity contribution < 1.29 is 4.79 Å². The van der Waals surface area contributed by atoms with Gasteiger partial charge in [0, 0.05) is 17.6 Å². The second-order valence-corrected chi connectivity index (χ2v) is 5.03. The molecule has 1 amide bonds. The molecular formula is C15H17ClN2O. The van der Waals surface area contributed by atoms with E-state index in [2.05, 4.69) is 17.2 Å². The summed E-state index contributed by atoms with van der Waals surface area (Å²) in [6.07, 6.45) is 3.55. The van der Waals surface area contributed by atoms with Gasteiger partial charge in [-0.2, -0.15) is 0 Å². The highest BCUT2D eigenvalue weighted by atomic mass is 35.5. The maximum Gasteiger partial charge on any atom is 0.253 e. The molecule has 0 fully saturated rings. The van der Waals surface area contributed by atoms with Crippen LogP contribution in [-0.4, -0.2) is 16.9 Å². The Labute approximate surface area is 118 Å². The van der Waals surface area contributed by atoms with Gasteiger partial charge in [-0.1, -0.05) is 49.2 Å². The third kappa shape index (κ3) is 3.04. The Balaban J connectivity index is 2.35. The first-order valence-corrected chi connectivity index (χ1v) is 6.85. The smallest absolute Gasteiger partial charge is 0.253 e. The topological polar surface area (TPSA) is 42.0 Å². The van der Waals surface area contributed by atoms with Gasteiger partial charge in [-0.05, 0) is 18.7 Å². The van der Waals surface area contributed by atoms with Crippen molar-refractivity contribution in [3.8, 4) is 0 Å². The molecule has 0 saturated heterocycles. The highest BCUT2D eigenvalue weighted by Gasteiger charge is 2.14. The number of nitrogens with zero attached hydrogens (tertiary/aromatic N) is 1. The van der Waals surface area contributed by atoms with Crippen molar-refractivity contribution in [1.29, 1.82) is 0 Å². The summed E-state index contributed by atoms with van der Waals surface area (Å²) in [7, 11) is 0. The van der Waals surface area contributed by atoms with E-state index in [1.165, 1.54) is 0 Å². The van der Waals surface area contributed by atoms with Crippen LogP contribution in [0.3, 0.4) is 0 Å². The molecule has 0 aliphatic heterocycles. The Kier molecular flexibility index (Phi) is 4.38. The van der Waals surface area contributed by atoms with Crippen molar-refractivity contribution in [2.75, 3.05) is 0 Å². The molecule has 1 unspecified atom stereocenters. The Morgan fingerprint density at radius 3 is 2.74 bits per heavy atom. The summed E-state index contributed by atoms with van der Waals surface area (Å²) < 4.78 is 0. The number of amides is 1. The van der Waals surface area contributed by atoms with Crippen LogP contribution in [0, 0.1) is 0 Å². The minimum absolute atomic E-state index is 0.0960. The number of nitrogens with one attached hydrogen (secondary N) is 1. The molecular weight excluding hydrogens is 260 g/mol. The maximum absolute atomic E-state index is 12.3. The Bertz CT molecular complexity index is 598. The number of pyridine rings is 1. The molecule has 0 aliphatic carbocycles. The molecule has 0 spiro atoms. The van der Waals surface area contributed by atoms with Crippen LogP contribution in [0.1, 0.15) is 37.0 Å². The first-order chi connectivity index (χ1) is 9.13. The normalized spacial score (nSPS) is 12.4. The predicted molar refractivity (Wildman–Crippen MR) is 78.6 cm³/mol. The van der Waals surface area contributed by atoms with Crippen molar-refractivity contribution in [2.45, 2.75) is 32.7 Å². The van der Waals surface area contributed by atoms with E-state index in [-0.39, 0.29) is 11.9 Å². The van der Waals surface area contributed by atoms with Crippen LogP contribution < -0.4 is 5.32 Å². The van der Waals surface area contributed by atoms with Crippen LogP contribution in [0.15, 0.2) is 30.5 Å². The number of carbonyl (C=O) groups is 1. The molecule has 100 valence electrons. The average molecular weight is 277 g/mol. The summed E-state index contributed by atoms with van der Waals surface area (Å²) >= 11 is 6.05. The second-order valence-electron chi connectivity index (χ2n) is 4.67. The van der Waals surface area contributed by atoms with E-state index in [0.717, 1.165) is 23.6 Å². The molecule has 1 atom stereocenters. The summed E-state index contributed by atoms with van der Waals surface area (Å²) in [5.74, 6) is -0.0960. The quantitative estimate of drug-likeness (QED) is 0.863.